The quantitative estimate of drug-likeness (QED) is 0.825. The van der Waals surface area contributed by atoms with E-state index in [1.807, 2.05) is 52.0 Å². The summed E-state index contributed by atoms with van der Waals surface area (Å²) in [5.74, 6) is 0.749. The van der Waals surface area contributed by atoms with Crippen molar-refractivity contribution in [1.29, 1.82) is 0 Å². The number of carbonyl (C=O) groups is 1. The summed E-state index contributed by atoms with van der Waals surface area (Å²) < 4.78 is 12.3. The van der Waals surface area contributed by atoms with Crippen molar-refractivity contribution in [2.75, 3.05) is 6.61 Å². The molecule has 0 unspecified atom stereocenters. The lowest BCUT2D eigenvalue weighted by Gasteiger charge is -2.19. The van der Waals surface area contributed by atoms with Crippen LogP contribution >= 0.6 is 0 Å². The molecule has 2 aromatic rings. The van der Waals surface area contributed by atoms with Crippen LogP contribution in [-0.2, 0) is 4.74 Å². The summed E-state index contributed by atoms with van der Waals surface area (Å²) in [5, 5.41) is 0.981. The first-order valence-corrected chi connectivity index (χ1v) is 6.38. The van der Waals surface area contributed by atoms with E-state index in [-0.39, 0.29) is 6.09 Å². The minimum atomic E-state index is -0.509. The molecule has 19 heavy (non-hydrogen) atoms. The molecule has 0 aliphatic carbocycles. The molecule has 0 spiro atoms. The Morgan fingerprint density at radius 3 is 2.63 bits per heavy atom. The molecule has 2 rings (SSSR count). The van der Waals surface area contributed by atoms with E-state index in [9.17, 15) is 4.79 Å². The number of benzene rings is 1. The third kappa shape index (κ3) is 3.08. The number of aromatic nitrogens is 1. The van der Waals surface area contributed by atoms with Crippen molar-refractivity contribution in [3.05, 3.63) is 30.5 Å². The molecule has 1 aromatic heterocycles. The summed E-state index contributed by atoms with van der Waals surface area (Å²) in [6.45, 7) is 8.07. The van der Waals surface area contributed by atoms with Crippen LogP contribution in [0.25, 0.3) is 10.9 Å². The zero-order valence-electron chi connectivity index (χ0n) is 11.8. The fourth-order valence-electron chi connectivity index (χ4n) is 1.83. The number of rotatable bonds is 2. The molecule has 0 aliphatic rings. The molecule has 0 bridgehead atoms. The number of nitrogens with zero attached hydrogens (tertiary/aromatic N) is 1. The number of ether oxygens (including phenoxy) is 2. The lowest BCUT2D eigenvalue weighted by Crippen LogP contribution is -2.26. The van der Waals surface area contributed by atoms with Crippen LogP contribution in [-0.4, -0.2) is 22.9 Å². The Hall–Kier alpha value is -1.97. The van der Waals surface area contributed by atoms with Crippen LogP contribution in [0.4, 0.5) is 4.79 Å². The van der Waals surface area contributed by atoms with Crippen LogP contribution in [0.2, 0.25) is 0 Å². The SMILES string of the molecule is CCOc1ccc2ccn(C(=O)OC(C)(C)C)c2c1. The van der Waals surface area contributed by atoms with Gasteiger partial charge < -0.3 is 9.47 Å². The molecular formula is C15H19NO3. The predicted octanol–water partition coefficient (Wildman–Crippen LogP) is 3.82. The van der Waals surface area contributed by atoms with Crippen molar-refractivity contribution in [2.45, 2.75) is 33.3 Å². The van der Waals surface area contributed by atoms with Crippen molar-refractivity contribution >= 4 is 17.0 Å². The smallest absolute Gasteiger partial charge is 0.418 e. The minimum absolute atomic E-state index is 0.379. The molecule has 1 aromatic carbocycles. The number of hydrogen-bond donors (Lipinski definition) is 0. The highest BCUT2D eigenvalue weighted by Gasteiger charge is 2.19. The predicted molar refractivity (Wildman–Crippen MR) is 74.7 cm³/mol. The van der Waals surface area contributed by atoms with Gasteiger partial charge in [0.15, 0.2) is 0 Å². The second kappa shape index (κ2) is 4.96. The van der Waals surface area contributed by atoms with Crippen molar-refractivity contribution in [3.63, 3.8) is 0 Å². The van der Waals surface area contributed by atoms with E-state index in [2.05, 4.69) is 0 Å². The topological polar surface area (TPSA) is 40.5 Å². The molecule has 4 heteroatoms. The highest BCUT2D eigenvalue weighted by atomic mass is 16.6. The second-order valence-electron chi connectivity index (χ2n) is 5.32. The molecule has 0 radical (unpaired) electrons. The van der Waals surface area contributed by atoms with Gasteiger partial charge in [0, 0.05) is 17.6 Å². The molecule has 0 N–H and O–H groups in total. The van der Waals surface area contributed by atoms with E-state index in [0.717, 1.165) is 16.7 Å². The van der Waals surface area contributed by atoms with E-state index in [4.69, 9.17) is 9.47 Å². The highest BCUT2D eigenvalue weighted by molar-refractivity contribution is 5.90. The Kier molecular flexibility index (Phi) is 3.51. The van der Waals surface area contributed by atoms with E-state index < -0.39 is 5.60 Å². The van der Waals surface area contributed by atoms with Crippen molar-refractivity contribution in [3.8, 4) is 5.75 Å². The third-order valence-corrected chi connectivity index (χ3v) is 2.57. The maximum atomic E-state index is 12.1. The van der Waals surface area contributed by atoms with Crippen LogP contribution < -0.4 is 4.74 Å². The molecule has 0 saturated carbocycles. The Morgan fingerprint density at radius 1 is 1.26 bits per heavy atom. The standard InChI is InChI=1S/C15H19NO3/c1-5-18-12-7-6-11-8-9-16(13(11)10-12)14(17)19-15(2,3)4/h6-10H,5H2,1-4H3. The Morgan fingerprint density at radius 2 is 2.00 bits per heavy atom. The Balaban J connectivity index is 2.38. The Bertz CT molecular complexity index is 593. The molecule has 102 valence electrons. The molecule has 0 saturated heterocycles. The van der Waals surface area contributed by atoms with Gasteiger partial charge in [0.25, 0.3) is 0 Å². The van der Waals surface area contributed by atoms with Crippen LogP contribution in [0, 0.1) is 0 Å². The molecule has 4 nitrogen and oxygen atoms in total. The third-order valence-electron chi connectivity index (χ3n) is 2.57. The average Bonchev–Trinajstić information content (AvgIpc) is 2.70. The first-order valence-electron chi connectivity index (χ1n) is 6.38. The molecule has 0 aliphatic heterocycles. The number of carbonyl (C=O) groups excluding carboxylic acids is 1. The fraction of sp³-hybridized carbons (Fsp3) is 0.400. The summed E-state index contributed by atoms with van der Waals surface area (Å²) in [6.07, 6.45) is 1.34. The maximum Gasteiger partial charge on any atom is 0.418 e. The summed E-state index contributed by atoms with van der Waals surface area (Å²) in [7, 11) is 0. The Labute approximate surface area is 112 Å². The van der Waals surface area contributed by atoms with Gasteiger partial charge in [-0.2, -0.15) is 0 Å². The van der Waals surface area contributed by atoms with Crippen LogP contribution in [0.15, 0.2) is 30.5 Å². The second-order valence-corrected chi connectivity index (χ2v) is 5.32. The van der Waals surface area contributed by atoms with Gasteiger partial charge >= 0.3 is 6.09 Å². The molecule has 0 amide bonds. The molecular weight excluding hydrogens is 242 g/mol. The largest absolute Gasteiger partial charge is 0.494 e. The average molecular weight is 261 g/mol. The fourth-order valence-corrected chi connectivity index (χ4v) is 1.83. The summed E-state index contributed by atoms with van der Waals surface area (Å²) in [6, 6.07) is 7.56. The van der Waals surface area contributed by atoms with E-state index in [1.165, 1.54) is 4.57 Å². The van der Waals surface area contributed by atoms with Crippen molar-refractivity contribution in [2.24, 2.45) is 0 Å². The monoisotopic (exact) mass is 261 g/mol. The van der Waals surface area contributed by atoms with Crippen molar-refractivity contribution < 1.29 is 14.3 Å². The number of fused-ring (bicyclic) bond motifs is 1. The van der Waals surface area contributed by atoms with E-state index in [0.29, 0.717) is 6.61 Å². The van der Waals surface area contributed by atoms with Gasteiger partial charge in [-0.1, -0.05) is 0 Å². The van der Waals surface area contributed by atoms with Gasteiger partial charge in [-0.15, -0.1) is 0 Å². The minimum Gasteiger partial charge on any atom is -0.494 e. The van der Waals surface area contributed by atoms with Gasteiger partial charge in [0.2, 0.25) is 0 Å². The highest BCUT2D eigenvalue weighted by Crippen LogP contribution is 2.23. The summed E-state index contributed by atoms with van der Waals surface area (Å²) in [4.78, 5) is 12.1. The normalized spacial score (nSPS) is 11.6. The summed E-state index contributed by atoms with van der Waals surface area (Å²) >= 11 is 0. The van der Waals surface area contributed by atoms with E-state index >= 15 is 0 Å². The molecule has 0 fully saturated rings. The lowest BCUT2D eigenvalue weighted by molar-refractivity contribution is 0.0544. The van der Waals surface area contributed by atoms with Crippen LogP contribution in [0.3, 0.4) is 0 Å². The zero-order valence-corrected chi connectivity index (χ0v) is 11.8. The lowest BCUT2D eigenvalue weighted by atomic mass is 10.2. The molecule has 1 heterocycles. The van der Waals surface area contributed by atoms with Gasteiger partial charge in [-0.05, 0) is 45.9 Å². The van der Waals surface area contributed by atoms with E-state index in [1.54, 1.807) is 6.20 Å². The maximum absolute atomic E-state index is 12.1. The van der Waals surface area contributed by atoms with Gasteiger partial charge in [0.05, 0.1) is 12.1 Å². The van der Waals surface area contributed by atoms with Crippen LogP contribution in [0.5, 0.6) is 5.75 Å². The van der Waals surface area contributed by atoms with Gasteiger partial charge in [0.1, 0.15) is 11.4 Å². The van der Waals surface area contributed by atoms with Crippen LogP contribution in [0.1, 0.15) is 27.7 Å². The van der Waals surface area contributed by atoms with Gasteiger partial charge in [-0.3, -0.25) is 4.57 Å². The molecule has 0 atom stereocenters. The first kappa shape index (κ1) is 13.5. The van der Waals surface area contributed by atoms with Crippen molar-refractivity contribution in [1.82, 2.24) is 4.57 Å². The van der Waals surface area contributed by atoms with Gasteiger partial charge in [-0.25, -0.2) is 4.79 Å². The zero-order chi connectivity index (χ0) is 14.0. The first-order chi connectivity index (χ1) is 8.90. The summed E-state index contributed by atoms with van der Waals surface area (Å²) in [5.41, 5.74) is 0.283. The number of hydrogen-bond acceptors (Lipinski definition) is 3.